The Kier molecular flexibility index (Phi) is 6.62. The number of rotatable bonds is 4. The van der Waals surface area contributed by atoms with Gasteiger partial charge in [-0.1, -0.05) is 133 Å². The van der Waals surface area contributed by atoms with Crippen molar-refractivity contribution in [3.8, 4) is 22.6 Å². The van der Waals surface area contributed by atoms with Crippen LogP contribution in [-0.4, -0.2) is 7.11 Å². The Morgan fingerprint density at radius 2 is 1.28 bits per heavy atom. The highest BCUT2D eigenvalue weighted by Crippen LogP contribution is 2.66. The molecule has 1 saturated carbocycles. The van der Waals surface area contributed by atoms with Gasteiger partial charge in [0.05, 0.1) is 7.11 Å². The van der Waals surface area contributed by atoms with Gasteiger partial charge in [0.15, 0.2) is 5.60 Å². The summed E-state index contributed by atoms with van der Waals surface area (Å²) >= 11 is 0. The van der Waals surface area contributed by atoms with Crippen LogP contribution in [0.15, 0.2) is 103 Å². The Morgan fingerprint density at radius 1 is 0.681 bits per heavy atom. The second-order valence-corrected chi connectivity index (χ2v) is 16.2. The van der Waals surface area contributed by atoms with E-state index >= 15 is 0 Å². The van der Waals surface area contributed by atoms with E-state index < -0.39 is 5.60 Å². The number of hydrogen-bond acceptors (Lipinski definition) is 2. The number of hydrogen-bond donors (Lipinski definition) is 0. The molecule has 1 atom stereocenters. The summed E-state index contributed by atoms with van der Waals surface area (Å²) in [5.41, 5.74) is 10.00. The largest absolute Gasteiger partial charge is 0.497 e. The van der Waals surface area contributed by atoms with Gasteiger partial charge in [-0.2, -0.15) is 0 Å². The van der Waals surface area contributed by atoms with E-state index in [9.17, 15) is 0 Å². The fourth-order valence-electron chi connectivity index (χ4n) is 10.0. The van der Waals surface area contributed by atoms with Gasteiger partial charge >= 0.3 is 0 Å². The summed E-state index contributed by atoms with van der Waals surface area (Å²) in [6, 6.07) is 35.6. The van der Waals surface area contributed by atoms with Crippen molar-refractivity contribution in [3.05, 3.63) is 137 Å². The Hall–Kier alpha value is -4.30. The second kappa shape index (κ2) is 10.3. The van der Waals surface area contributed by atoms with Gasteiger partial charge in [0.1, 0.15) is 11.5 Å². The first-order chi connectivity index (χ1) is 22.5. The number of fused-ring (bicyclic) bond motifs is 10. The summed E-state index contributed by atoms with van der Waals surface area (Å²) < 4.78 is 13.2. The minimum Gasteiger partial charge on any atom is -0.497 e. The zero-order valence-corrected chi connectivity index (χ0v) is 28.9. The molecule has 5 aromatic rings. The Bertz CT molecular complexity index is 2030. The zero-order chi connectivity index (χ0) is 32.8. The van der Waals surface area contributed by atoms with Gasteiger partial charge in [0.2, 0.25) is 0 Å². The van der Waals surface area contributed by atoms with Crippen molar-refractivity contribution in [3.63, 3.8) is 0 Å². The van der Waals surface area contributed by atoms with Gasteiger partial charge in [0, 0.05) is 27.5 Å². The first-order valence-electron chi connectivity index (χ1n) is 17.3. The average Bonchev–Trinajstić information content (AvgIpc) is 3.32. The number of benzene rings is 5. The van der Waals surface area contributed by atoms with E-state index in [4.69, 9.17) is 9.47 Å². The normalized spacial score (nSPS) is 21.3. The van der Waals surface area contributed by atoms with Gasteiger partial charge < -0.3 is 9.47 Å². The lowest BCUT2D eigenvalue weighted by atomic mass is 9.52. The molecule has 1 heterocycles. The molecule has 0 aromatic heterocycles. The Morgan fingerprint density at radius 3 is 1.91 bits per heavy atom. The van der Waals surface area contributed by atoms with Crippen LogP contribution in [0.2, 0.25) is 0 Å². The van der Waals surface area contributed by atoms with E-state index in [0.29, 0.717) is 5.92 Å². The van der Waals surface area contributed by atoms with E-state index in [1.165, 1.54) is 50.6 Å². The van der Waals surface area contributed by atoms with Gasteiger partial charge in [-0.25, -0.2) is 0 Å². The summed E-state index contributed by atoms with van der Waals surface area (Å²) in [5.74, 6) is 2.28. The highest BCUT2D eigenvalue weighted by atomic mass is 16.5. The molecule has 0 N–H and O–H groups in total. The van der Waals surface area contributed by atoms with E-state index in [-0.39, 0.29) is 16.2 Å². The Labute approximate surface area is 280 Å². The van der Waals surface area contributed by atoms with Crippen LogP contribution in [0.4, 0.5) is 0 Å². The van der Waals surface area contributed by atoms with Crippen LogP contribution >= 0.6 is 0 Å². The summed E-state index contributed by atoms with van der Waals surface area (Å²) in [4.78, 5) is 0. The third-order valence-corrected chi connectivity index (χ3v) is 11.2. The number of ether oxygens (including phenoxy) is 2. The summed E-state index contributed by atoms with van der Waals surface area (Å²) in [6.07, 6.45) is 8.19. The quantitative estimate of drug-likeness (QED) is 0.199. The van der Waals surface area contributed by atoms with Crippen molar-refractivity contribution in [2.24, 2.45) is 10.8 Å². The molecule has 47 heavy (non-hydrogen) atoms. The van der Waals surface area contributed by atoms with Crippen molar-refractivity contribution < 1.29 is 9.47 Å². The van der Waals surface area contributed by atoms with Crippen LogP contribution < -0.4 is 9.47 Å². The predicted molar refractivity (Wildman–Crippen MR) is 196 cm³/mol. The first kappa shape index (κ1) is 30.1. The lowest BCUT2D eigenvalue weighted by molar-refractivity contribution is 0.0642. The van der Waals surface area contributed by atoms with Gasteiger partial charge in [-0.05, 0) is 87.4 Å². The molecule has 3 aliphatic rings. The molecule has 2 nitrogen and oxygen atoms in total. The van der Waals surface area contributed by atoms with Crippen molar-refractivity contribution >= 4 is 16.8 Å². The van der Waals surface area contributed by atoms with Crippen LogP contribution in [0.1, 0.15) is 100 Å². The average molecular weight is 619 g/mol. The van der Waals surface area contributed by atoms with Crippen molar-refractivity contribution in [1.82, 2.24) is 0 Å². The smallest absolute Gasteiger partial charge is 0.178 e. The van der Waals surface area contributed by atoms with E-state index in [1.807, 2.05) is 12.1 Å². The molecule has 238 valence electrons. The van der Waals surface area contributed by atoms with Crippen LogP contribution in [0.3, 0.4) is 0 Å². The highest BCUT2D eigenvalue weighted by Gasteiger charge is 2.55. The SMILES string of the molecule is COc1ccc(C2(c3ccc(C(C)C)cc3)C=Cc3c4c(c5ccccc5c3O2)-c2ccccc2C42CC(C)(C)CC(C)(C)C2)cc1. The third kappa shape index (κ3) is 4.51. The second-order valence-electron chi connectivity index (χ2n) is 16.2. The fourth-order valence-corrected chi connectivity index (χ4v) is 10.0. The van der Waals surface area contributed by atoms with Crippen molar-refractivity contribution in [2.45, 2.75) is 77.7 Å². The monoisotopic (exact) mass is 618 g/mol. The maximum atomic E-state index is 7.61. The predicted octanol–water partition coefficient (Wildman–Crippen LogP) is 11.8. The molecule has 0 saturated heterocycles. The summed E-state index contributed by atoms with van der Waals surface area (Å²) in [6.45, 7) is 14.4. The van der Waals surface area contributed by atoms with Crippen molar-refractivity contribution in [2.75, 3.05) is 7.11 Å². The summed E-state index contributed by atoms with van der Waals surface area (Å²) in [7, 11) is 1.72. The number of methoxy groups -OCH3 is 1. The molecule has 1 spiro atoms. The lowest BCUT2D eigenvalue weighted by Crippen LogP contribution is -2.44. The molecule has 0 bridgehead atoms. The Balaban J connectivity index is 1.43. The van der Waals surface area contributed by atoms with Crippen LogP contribution in [0.5, 0.6) is 11.5 Å². The minimum absolute atomic E-state index is 0.0992. The van der Waals surface area contributed by atoms with Crippen LogP contribution in [-0.2, 0) is 11.0 Å². The third-order valence-electron chi connectivity index (χ3n) is 11.2. The van der Waals surface area contributed by atoms with Gasteiger partial charge in [-0.3, -0.25) is 0 Å². The van der Waals surface area contributed by atoms with Gasteiger partial charge in [-0.15, -0.1) is 0 Å². The molecule has 2 aliphatic carbocycles. The van der Waals surface area contributed by atoms with E-state index in [2.05, 4.69) is 139 Å². The molecule has 2 heteroatoms. The molecule has 8 rings (SSSR count). The topological polar surface area (TPSA) is 18.5 Å². The van der Waals surface area contributed by atoms with Gasteiger partial charge in [0.25, 0.3) is 0 Å². The maximum Gasteiger partial charge on any atom is 0.178 e. The van der Waals surface area contributed by atoms with Crippen LogP contribution in [0.25, 0.3) is 28.0 Å². The first-order valence-corrected chi connectivity index (χ1v) is 17.3. The molecule has 1 fully saturated rings. The standard InChI is InChI=1S/C45H46O2/c1-29(2)30-16-18-31(19-17-30)45(32-20-22-33(46-7)23-21-32)25-24-37-40-39(34-12-8-9-13-35(34)41(37)47-45)36-14-10-11-15-38(36)44(40)27-42(3,4)26-43(5,6)28-44/h8-25,29H,26-28H2,1-7H3. The molecule has 5 aromatic carbocycles. The molecule has 1 aliphatic heterocycles. The highest BCUT2D eigenvalue weighted by molar-refractivity contribution is 6.08. The molecule has 0 radical (unpaired) electrons. The fraction of sp³-hybridized carbons (Fsp3) is 0.333. The summed E-state index contributed by atoms with van der Waals surface area (Å²) in [5, 5.41) is 2.45. The van der Waals surface area contributed by atoms with Crippen molar-refractivity contribution in [1.29, 1.82) is 0 Å². The molecular formula is C45H46O2. The zero-order valence-electron chi connectivity index (χ0n) is 28.9. The minimum atomic E-state index is -0.796. The lowest BCUT2D eigenvalue weighted by Gasteiger charge is -2.52. The maximum absolute atomic E-state index is 7.61. The molecule has 0 amide bonds. The van der Waals surface area contributed by atoms with Crippen LogP contribution in [0, 0.1) is 10.8 Å². The van der Waals surface area contributed by atoms with E-state index in [0.717, 1.165) is 35.5 Å². The van der Waals surface area contributed by atoms with E-state index in [1.54, 1.807) is 7.11 Å². The molecule has 1 unspecified atom stereocenters. The molecular weight excluding hydrogens is 572 g/mol.